The number of nitrogens with one attached hydrogen (secondary N) is 1. The Kier molecular flexibility index (Phi) is 3.64. The van der Waals surface area contributed by atoms with Gasteiger partial charge in [-0.3, -0.25) is 13.9 Å². The fourth-order valence-electron chi connectivity index (χ4n) is 2.00. The molecule has 21 heavy (non-hydrogen) atoms. The first-order valence-electron chi connectivity index (χ1n) is 6.06. The highest BCUT2D eigenvalue weighted by atomic mass is 32.2. The third kappa shape index (κ3) is 2.57. The summed E-state index contributed by atoms with van der Waals surface area (Å²) < 4.78 is 29.0. The van der Waals surface area contributed by atoms with Crippen molar-refractivity contribution < 1.29 is 18.3 Å². The van der Waals surface area contributed by atoms with Gasteiger partial charge in [0.2, 0.25) is 10.0 Å². The highest BCUT2D eigenvalue weighted by Crippen LogP contribution is 2.17. The summed E-state index contributed by atoms with van der Waals surface area (Å²) in [7, 11) is -0.849. The van der Waals surface area contributed by atoms with Crippen LogP contribution in [0.4, 0.5) is 0 Å². The van der Waals surface area contributed by atoms with Gasteiger partial charge in [0.15, 0.2) is 0 Å². The van der Waals surface area contributed by atoms with Gasteiger partial charge in [0.05, 0.1) is 15.9 Å². The van der Waals surface area contributed by atoms with Crippen LogP contribution in [-0.2, 0) is 28.9 Å². The average Bonchev–Trinajstić information content (AvgIpc) is 2.63. The topological polar surface area (TPSA) is 110 Å². The minimum absolute atomic E-state index is 0.0932. The van der Waals surface area contributed by atoms with Crippen molar-refractivity contribution in [1.29, 1.82) is 0 Å². The number of nitrogens with zero attached hydrogens (tertiary/aromatic N) is 2. The van der Waals surface area contributed by atoms with Crippen LogP contribution in [0.1, 0.15) is 6.92 Å². The first-order valence-corrected chi connectivity index (χ1v) is 7.54. The van der Waals surface area contributed by atoms with E-state index in [2.05, 4.69) is 4.72 Å². The van der Waals surface area contributed by atoms with Crippen LogP contribution in [0.3, 0.4) is 0 Å². The summed E-state index contributed by atoms with van der Waals surface area (Å²) in [6.45, 7) is 1.23. The van der Waals surface area contributed by atoms with Gasteiger partial charge in [0.1, 0.15) is 6.04 Å². The Morgan fingerprint density at radius 2 is 1.81 bits per heavy atom. The smallest absolute Gasteiger partial charge is 0.328 e. The van der Waals surface area contributed by atoms with Crippen LogP contribution in [0.15, 0.2) is 27.9 Å². The second-order valence-electron chi connectivity index (χ2n) is 4.73. The number of aromatic nitrogens is 2. The molecule has 1 heterocycles. The van der Waals surface area contributed by atoms with Gasteiger partial charge in [-0.2, -0.15) is 4.72 Å². The SMILES string of the molecule is C[C@H](NS(=O)(=O)c1ccc2c(c1)n(C)c(=O)n2C)C(=O)O. The lowest BCUT2D eigenvalue weighted by Crippen LogP contribution is -2.38. The van der Waals surface area contributed by atoms with E-state index in [1.807, 2.05) is 0 Å². The number of rotatable bonds is 4. The zero-order chi connectivity index (χ0) is 15.9. The third-order valence-electron chi connectivity index (χ3n) is 3.26. The number of aliphatic carboxylic acids is 1. The zero-order valence-corrected chi connectivity index (χ0v) is 12.5. The molecule has 1 aromatic carbocycles. The molecule has 2 aromatic rings. The molecule has 0 unspecified atom stereocenters. The van der Waals surface area contributed by atoms with Crippen LogP contribution in [0.5, 0.6) is 0 Å². The highest BCUT2D eigenvalue weighted by molar-refractivity contribution is 7.89. The van der Waals surface area contributed by atoms with E-state index in [1.165, 1.54) is 41.3 Å². The quantitative estimate of drug-likeness (QED) is 0.800. The maximum Gasteiger partial charge on any atom is 0.328 e. The number of carbonyl (C=O) groups is 1. The summed E-state index contributed by atoms with van der Waals surface area (Å²) in [6.07, 6.45) is 0. The number of aryl methyl sites for hydroxylation is 2. The molecule has 0 amide bonds. The number of sulfonamides is 1. The molecule has 0 spiro atoms. The monoisotopic (exact) mass is 313 g/mol. The van der Waals surface area contributed by atoms with Crippen LogP contribution in [0.25, 0.3) is 11.0 Å². The third-order valence-corrected chi connectivity index (χ3v) is 4.79. The van der Waals surface area contributed by atoms with Crippen molar-refractivity contribution in [3.05, 3.63) is 28.7 Å². The Bertz CT molecular complexity index is 878. The number of carboxylic acid groups (broad SMARTS) is 1. The van der Waals surface area contributed by atoms with Crippen LogP contribution in [0, 0.1) is 0 Å². The second-order valence-corrected chi connectivity index (χ2v) is 6.45. The summed E-state index contributed by atoms with van der Waals surface area (Å²) >= 11 is 0. The van der Waals surface area contributed by atoms with Gasteiger partial charge in [0, 0.05) is 14.1 Å². The lowest BCUT2D eigenvalue weighted by molar-refractivity contribution is -0.138. The number of fused-ring (bicyclic) bond motifs is 1. The fraction of sp³-hybridized carbons (Fsp3) is 0.333. The van der Waals surface area contributed by atoms with Crippen LogP contribution in [-0.4, -0.2) is 34.7 Å². The Balaban J connectivity index is 2.55. The van der Waals surface area contributed by atoms with Crippen LogP contribution >= 0.6 is 0 Å². The largest absolute Gasteiger partial charge is 0.480 e. The van der Waals surface area contributed by atoms with E-state index < -0.39 is 22.0 Å². The highest BCUT2D eigenvalue weighted by Gasteiger charge is 2.22. The molecule has 9 heteroatoms. The van der Waals surface area contributed by atoms with Gasteiger partial charge in [0.25, 0.3) is 0 Å². The van der Waals surface area contributed by atoms with Crippen molar-refractivity contribution in [2.24, 2.45) is 14.1 Å². The lowest BCUT2D eigenvalue weighted by atomic mass is 10.3. The van der Waals surface area contributed by atoms with E-state index in [4.69, 9.17) is 5.11 Å². The van der Waals surface area contributed by atoms with Crippen LogP contribution < -0.4 is 10.4 Å². The molecule has 0 fully saturated rings. The predicted molar refractivity (Wildman–Crippen MR) is 75.6 cm³/mol. The molecule has 8 nitrogen and oxygen atoms in total. The minimum atomic E-state index is -3.97. The van der Waals surface area contributed by atoms with E-state index in [0.29, 0.717) is 11.0 Å². The number of benzene rings is 1. The number of imidazole rings is 1. The molecule has 0 saturated heterocycles. The Morgan fingerprint density at radius 1 is 1.24 bits per heavy atom. The maximum absolute atomic E-state index is 12.1. The van der Waals surface area contributed by atoms with Gasteiger partial charge in [-0.1, -0.05) is 0 Å². The molecule has 114 valence electrons. The van der Waals surface area contributed by atoms with Crippen molar-refractivity contribution in [3.63, 3.8) is 0 Å². The van der Waals surface area contributed by atoms with E-state index in [0.717, 1.165) is 0 Å². The molecular formula is C12H15N3O5S. The number of hydrogen-bond acceptors (Lipinski definition) is 4. The molecule has 2 N–H and O–H groups in total. The minimum Gasteiger partial charge on any atom is -0.480 e. The molecule has 2 rings (SSSR count). The predicted octanol–water partition coefficient (Wildman–Crippen LogP) is -0.372. The van der Waals surface area contributed by atoms with E-state index in [9.17, 15) is 18.0 Å². The molecule has 1 atom stereocenters. The molecule has 0 bridgehead atoms. The number of hydrogen-bond donors (Lipinski definition) is 2. The van der Waals surface area contributed by atoms with Gasteiger partial charge >= 0.3 is 11.7 Å². The summed E-state index contributed by atoms with van der Waals surface area (Å²) in [5, 5.41) is 8.77. The van der Waals surface area contributed by atoms with Crippen molar-refractivity contribution >= 4 is 27.0 Å². The average molecular weight is 313 g/mol. The maximum atomic E-state index is 12.1. The van der Waals surface area contributed by atoms with Crippen molar-refractivity contribution in [2.75, 3.05) is 0 Å². The second kappa shape index (κ2) is 5.01. The fourth-order valence-corrected chi connectivity index (χ4v) is 3.22. The summed E-state index contributed by atoms with van der Waals surface area (Å²) in [5.41, 5.74) is 0.771. The van der Waals surface area contributed by atoms with Gasteiger partial charge in [-0.05, 0) is 25.1 Å². The standard InChI is InChI=1S/C12H15N3O5S/c1-7(11(16)17)13-21(19,20)8-4-5-9-10(6-8)15(3)12(18)14(9)2/h4-7,13H,1-3H3,(H,16,17)/t7-/m0/s1. The summed E-state index contributed by atoms with van der Waals surface area (Å²) in [5.74, 6) is -1.27. The molecule has 0 saturated carbocycles. The Morgan fingerprint density at radius 3 is 2.38 bits per heavy atom. The van der Waals surface area contributed by atoms with Gasteiger partial charge in [-0.15, -0.1) is 0 Å². The molecule has 0 aliphatic carbocycles. The molecule has 0 radical (unpaired) electrons. The Labute approximate surface area is 120 Å². The normalized spacial score (nSPS) is 13.5. The molecular weight excluding hydrogens is 298 g/mol. The van der Waals surface area contributed by atoms with Crippen molar-refractivity contribution in [2.45, 2.75) is 17.9 Å². The van der Waals surface area contributed by atoms with E-state index >= 15 is 0 Å². The van der Waals surface area contributed by atoms with E-state index in [1.54, 1.807) is 7.05 Å². The first kappa shape index (κ1) is 15.3. The number of carboxylic acids is 1. The van der Waals surface area contributed by atoms with Gasteiger partial charge in [-0.25, -0.2) is 13.2 Å². The Hall–Kier alpha value is -2.13. The van der Waals surface area contributed by atoms with Crippen molar-refractivity contribution in [3.8, 4) is 0 Å². The molecule has 0 aliphatic rings. The molecule has 0 aliphatic heterocycles. The first-order chi connectivity index (χ1) is 9.65. The summed E-state index contributed by atoms with van der Waals surface area (Å²) in [6, 6.07) is 2.94. The zero-order valence-electron chi connectivity index (χ0n) is 11.7. The molecule has 1 aromatic heterocycles. The lowest BCUT2D eigenvalue weighted by Gasteiger charge is -2.10. The van der Waals surface area contributed by atoms with Crippen LogP contribution in [0.2, 0.25) is 0 Å². The van der Waals surface area contributed by atoms with Crippen molar-refractivity contribution in [1.82, 2.24) is 13.9 Å². The van der Waals surface area contributed by atoms with Gasteiger partial charge < -0.3 is 5.11 Å². The summed E-state index contributed by atoms with van der Waals surface area (Å²) in [4.78, 5) is 22.5. The van der Waals surface area contributed by atoms with E-state index in [-0.39, 0.29) is 10.6 Å².